The van der Waals surface area contributed by atoms with Crippen LogP contribution in [0, 0.1) is 6.92 Å². The highest BCUT2D eigenvalue weighted by Gasteiger charge is 2.28. The molecule has 3 aromatic rings. The molecule has 1 aliphatic rings. The SMILES string of the molecule is Cc1ccc(NC(=O)[C@H]([NH2+]C[C@H]2COc3ccccc3O2)c2ccccc2)cc1. The van der Waals surface area contributed by atoms with Crippen molar-refractivity contribution in [3.05, 3.63) is 90.0 Å². The van der Waals surface area contributed by atoms with Crippen LogP contribution < -0.4 is 20.1 Å². The molecule has 1 amide bonds. The molecule has 2 atom stereocenters. The van der Waals surface area contributed by atoms with Gasteiger partial charge in [-0.15, -0.1) is 0 Å². The predicted octanol–water partition coefficient (Wildman–Crippen LogP) is 3.08. The van der Waals surface area contributed by atoms with E-state index < -0.39 is 0 Å². The molecule has 0 aliphatic carbocycles. The summed E-state index contributed by atoms with van der Waals surface area (Å²) in [7, 11) is 0. The molecule has 29 heavy (non-hydrogen) atoms. The molecular weight excluding hydrogens is 364 g/mol. The summed E-state index contributed by atoms with van der Waals surface area (Å²) in [6.07, 6.45) is -0.122. The van der Waals surface area contributed by atoms with Crippen molar-refractivity contribution < 1.29 is 19.6 Å². The van der Waals surface area contributed by atoms with E-state index in [1.165, 1.54) is 0 Å². The van der Waals surface area contributed by atoms with Gasteiger partial charge >= 0.3 is 0 Å². The Hall–Kier alpha value is -3.31. The van der Waals surface area contributed by atoms with Crippen LogP contribution in [0.2, 0.25) is 0 Å². The number of anilines is 1. The maximum absolute atomic E-state index is 13.1. The van der Waals surface area contributed by atoms with Crippen LogP contribution in [0.5, 0.6) is 11.5 Å². The Labute approximate surface area is 170 Å². The second-order valence-corrected chi connectivity index (χ2v) is 7.21. The zero-order valence-corrected chi connectivity index (χ0v) is 16.4. The monoisotopic (exact) mass is 389 g/mol. The average molecular weight is 389 g/mol. The quantitative estimate of drug-likeness (QED) is 0.681. The summed E-state index contributed by atoms with van der Waals surface area (Å²) in [5, 5.41) is 5.04. The van der Waals surface area contributed by atoms with Gasteiger partial charge in [0, 0.05) is 11.3 Å². The molecular formula is C24H25N2O3+. The van der Waals surface area contributed by atoms with Crippen LogP contribution in [0.1, 0.15) is 17.2 Å². The predicted molar refractivity (Wildman–Crippen MR) is 112 cm³/mol. The average Bonchev–Trinajstić information content (AvgIpc) is 2.76. The molecule has 0 saturated carbocycles. The summed E-state index contributed by atoms with van der Waals surface area (Å²) >= 11 is 0. The Balaban J connectivity index is 1.45. The lowest BCUT2D eigenvalue weighted by molar-refractivity contribution is -0.687. The topological polar surface area (TPSA) is 64.2 Å². The summed E-state index contributed by atoms with van der Waals surface area (Å²) in [6, 6.07) is 24.9. The minimum absolute atomic E-state index is 0.0582. The van der Waals surface area contributed by atoms with Crippen molar-refractivity contribution in [1.82, 2.24) is 0 Å². The standard InChI is InChI=1S/C24H24N2O3/c1-17-11-13-19(14-12-17)26-24(27)23(18-7-3-2-4-8-18)25-15-20-16-28-21-9-5-6-10-22(21)29-20/h2-14,20,23,25H,15-16H2,1H3,(H,26,27)/p+1/t20-,23+/m0/s1. The summed E-state index contributed by atoms with van der Waals surface area (Å²) in [5.41, 5.74) is 2.90. The van der Waals surface area contributed by atoms with Gasteiger partial charge in [0.15, 0.2) is 23.6 Å². The summed E-state index contributed by atoms with van der Waals surface area (Å²) in [4.78, 5) is 13.1. The zero-order valence-electron chi connectivity index (χ0n) is 16.4. The van der Waals surface area contributed by atoms with E-state index in [9.17, 15) is 4.79 Å². The molecule has 0 unspecified atom stereocenters. The first-order valence-electron chi connectivity index (χ1n) is 9.83. The molecule has 1 aliphatic heterocycles. The highest BCUT2D eigenvalue weighted by molar-refractivity contribution is 5.94. The number of hydrogen-bond donors (Lipinski definition) is 2. The van der Waals surface area contributed by atoms with Crippen molar-refractivity contribution in [3.8, 4) is 11.5 Å². The van der Waals surface area contributed by atoms with Crippen LogP contribution >= 0.6 is 0 Å². The molecule has 4 rings (SSSR count). The number of nitrogens with two attached hydrogens (primary N) is 1. The number of aryl methyl sites for hydroxylation is 1. The van der Waals surface area contributed by atoms with E-state index in [1.54, 1.807) is 0 Å². The zero-order chi connectivity index (χ0) is 20.1. The first-order valence-corrected chi connectivity index (χ1v) is 9.83. The van der Waals surface area contributed by atoms with Gasteiger partial charge in [0.2, 0.25) is 0 Å². The van der Waals surface area contributed by atoms with Crippen molar-refractivity contribution in [2.45, 2.75) is 19.1 Å². The van der Waals surface area contributed by atoms with Crippen molar-refractivity contribution in [1.29, 1.82) is 0 Å². The van der Waals surface area contributed by atoms with Crippen molar-refractivity contribution >= 4 is 11.6 Å². The van der Waals surface area contributed by atoms with Gasteiger partial charge in [-0.3, -0.25) is 4.79 Å². The first kappa shape index (κ1) is 19.0. The molecule has 5 heteroatoms. The van der Waals surface area contributed by atoms with Crippen LogP contribution in [-0.4, -0.2) is 25.2 Å². The van der Waals surface area contributed by atoms with Crippen LogP contribution in [0.15, 0.2) is 78.9 Å². The fraction of sp³-hybridized carbons (Fsp3) is 0.208. The van der Waals surface area contributed by atoms with Crippen LogP contribution in [0.3, 0.4) is 0 Å². The normalized spacial score (nSPS) is 16.1. The van der Waals surface area contributed by atoms with E-state index in [-0.39, 0.29) is 18.1 Å². The number of hydrogen-bond acceptors (Lipinski definition) is 3. The number of quaternary nitrogens is 1. The van der Waals surface area contributed by atoms with E-state index in [4.69, 9.17) is 9.47 Å². The number of nitrogens with one attached hydrogen (secondary N) is 1. The summed E-state index contributed by atoms with van der Waals surface area (Å²) in [6.45, 7) is 3.10. The van der Waals surface area contributed by atoms with Gasteiger partial charge in [-0.25, -0.2) is 0 Å². The van der Waals surface area contributed by atoms with Gasteiger partial charge in [0.25, 0.3) is 5.91 Å². The number of para-hydroxylation sites is 2. The minimum atomic E-state index is -0.377. The first-order chi connectivity index (χ1) is 14.2. The molecule has 0 bridgehead atoms. The second kappa shape index (κ2) is 8.80. The lowest BCUT2D eigenvalue weighted by Gasteiger charge is -2.26. The number of benzene rings is 3. The lowest BCUT2D eigenvalue weighted by Crippen LogP contribution is -2.89. The Morgan fingerprint density at radius 3 is 2.45 bits per heavy atom. The number of rotatable bonds is 6. The lowest BCUT2D eigenvalue weighted by atomic mass is 10.1. The maximum atomic E-state index is 13.1. The van der Waals surface area contributed by atoms with E-state index in [0.29, 0.717) is 13.2 Å². The van der Waals surface area contributed by atoms with Gasteiger partial charge in [-0.05, 0) is 31.2 Å². The highest BCUT2D eigenvalue weighted by atomic mass is 16.6. The molecule has 1 heterocycles. The molecule has 3 aromatic carbocycles. The molecule has 0 fully saturated rings. The van der Waals surface area contributed by atoms with Crippen molar-refractivity contribution in [2.24, 2.45) is 0 Å². The van der Waals surface area contributed by atoms with E-state index in [0.717, 1.165) is 28.3 Å². The maximum Gasteiger partial charge on any atom is 0.287 e. The third-order valence-electron chi connectivity index (χ3n) is 4.96. The van der Waals surface area contributed by atoms with Gasteiger partial charge in [-0.1, -0.05) is 60.2 Å². The van der Waals surface area contributed by atoms with Gasteiger partial charge in [-0.2, -0.15) is 0 Å². The van der Waals surface area contributed by atoms with E-state index in [1.807, 2.05) is 91.1 Å². The van der Waals surface area contributed by atoms with E-state index >= 15 is 0 Å². The molecule has 0 radical (unpaired) electrons. The Morgan fingerprint density at radius 1 is 1.00 bits per heavy atom. The van der Waals surface area contributed by atoms with Gasteiger partial charge < -0.3 is 20.1 Å². The number of carbonyl (C=O) groups excluding carboxylic acids is 1. The second-order valence-electron chi connectivity index (χ2n) is 7.21. The Morgan fingerprint density at radius 2 is 1.69 bits per heavy atom. The summed E-state index contributed by atoms with van der Waals surface area (Å²) in [5.74, 6) is 1.45. The highest BCUT2D eigenvalue weighted by Crippen LogP contribution is 2.30. The van der Waals surface area contributed by atoms with Gasteiger partial charge in [0.05, 0.1) is 0 Å². The Bertz CT molecular complexity index is 957. The van der Waals surface area contributed by atoms with Crippen molar-refractivity contribution in [2.75, 3.05) is 18.5 Å². The van der Waals surface area contributed by atoms with Gasteiger partial charge in [0.1, 0.15) is 13.2 Å². The van der Waals surface area contributed by atoms with Crippen molar-refractivity contribution in [3.63, 3.8) is 0 Å². The molecule has 0 saturated heterocycles. The summed E-state index contributed by atoms with van der Waals surface area (Å²) < 4.78 is 11.8. The fourth-order valence-corrected chi connectivity index (χ4v) is 3.38. The molecule has 0 spiro atoms. The molecule has 5 nitrogen and oxygen atoms in total. The van der Waals surface area contributed by atoms with Crippen LogP contribution in [0.25, 0.3) is 0 Å². The third kappa shape index (κ3) is 4.76. The molecule has 3 N–H and O–H groups in total. The number of fused-ring (bicyclic) bond motifs is 1. The molecule has 148 valence electrons. The third-order valence-corrected chi connectivity index (χ3v) is 4.96. The fourth-order valence-electron chi connectivity index (χ4n) is 3.38. The Kier molecular flexibility index (Phi) is 5.77. The smallest absolute Gasteiger partial charge is 0.287 e. The number of carbonyl (C=O) groups is 1. The number of ether oxygens (including phenoxy) is 2. The van der Waals surface area contributed by atoms with E-state index in [2.05, 4.69) is 5.32 Å². The largest absolute Gasteiger partial charge is 0.486 e. The minimum Gasteiger partial charge on any atom is -0.486 e. The van der Waals surface area contributed by atoms with Crippen LogP contribution in [0.4, 0.5) is 5.69 Å². The number of amides is 1. The molecule has 0 aromatic heterocycles. The van der Waals surface area contributed by atoms with Crippen LogP contribution in [-0.2, 0) is 4.79 Å².